The van der Waals surface area contributed by atoms with Crippen molar-refractivity contribution in [3.05, 3.63) is 27.4 Å². The van der Waals surface area contributed by atoms with Crippen molar-refractivity contribution in [2.75, 3.05) is 26.7 Å². The largest absolute Gasteiger partial charge is 0.342 e. The second-order valence-electron chi connectivity index (χ2n) is 6.79. The average molecular weight is 318 g/mol. The predicted octanol–water partition coefficient (Wildman–Crippen LogP) is 1.26. The standard InChI is InChI=1S/C17H26N4O2/c1-3-5-15(22)21-8-4-6-12(10-21)16-18-14-7-9-20(2)11-13(14)17(23)19-16/h12H,3-11H2,1-2H3,(H,18,19,23)/t12-/m0/s1. The molecular weight excluding hydrogens is 292 g/mol. The predicted molar refractivity (Wildman–Crippen MR) is 88.4 cm³/mol. The van der Waals surface area contributed by atoms with Crippen molar-refractivity contribution < 1.29 is 4.79 Å². The number of fused-ring (bicyclic) bond motifs is 1. The van der Waals surface area contributed by atoms with Gasteiger partial charge < -0.3 is 14.8 Å². The Morgan fingerprint density at radius 1 is 1.39 bits per heavy atom. The fraction of sp³-hybridized carbons (Fsp3) is 0.706. The maximum atomic E-state index is 12.4. The van der Waals surface area contributed by atoms with E-state index in [1.807, 2.05) is 18.9 Å². The van der Waals surface area contributed by atoms with Crippen LogP contribution in [0.3, 0.4) is 0 Å². The van der Waals surface area contributed by atoms with E-state index in [9.17, 15) is 9.59 Å². The summed E-state index contributed by atoms with van der Waals surface area (Å²) >= 11 is 0. The molecule has 126 valence electrons. The van der Waals surface area contributed by atoms with Gasteiger partial charge in [0.05, 0.1) is 11.3 Å². The Kier molecular flexibility index (Phi) is 4.80. The maximum Gasteiger partial charge on any atom is 0.255 e. The van der Waals surface area contributed by atoms with Crippen molar-refractivity contribution in [2.24, 2.45) is 0 Å². The van der Waals surface area contributed by atoms with Gasteiger partial charge in [0, 0.05) is 44.9 Å². The molecule has 2 aliphatic heterocycles. The number of likely N-dealkylation sites (tertiary alicyclic amines) is 1. The van der Waals surface area contributed by atoms with Gasteiger partial charge in [-0.15, -0.1) is 0 Å². The average Bonchev–Trinajstić information content (AvgIpc) is 2.56. The minimum absolute atomic E-state index is 0.00596. The van der Waals surface area contributed by atoms with E-state index in [0.717, 1.165) is 55.9 Å². The Morgan fingerprint density at radius 2 is 2.22 bits per heavy atom. The molecule has 1 amide bonds. The summed E-state index contributed by atoms with van der Waals surface area (Å²) in [4.78, 5) is 36.3. The number of nitrogens with zero attached hydrogens (tertiary/aromatic N) is 3. The fourth-order valence-electron chi connectivity index (χ4n) is 3.57. The number of hydrogen-bond acceptors (Lipinski definition) is 4. The van der Waals surface area contributed by atoms with Gasteiger partial charge in [-0.2, -0.15) is 0 Å². The zero-order valence-electron chi connectivity index (χ0n) is 14.1. The summed E-state index contributed by atoms with van der Waals surface area (Å²) in [6.45, 7) is 5.15. The van der Waals surface area contributed by atoms with E-state index in [2.05, 4.69) is 9.88 Å². The molecule has 3 rings (SSSR count). The van der Waals surface area contributed by atoms with E-state index in [0.29, 0.717) is 19.5 Å². The van der Waals surface area contributed by atoms with Crippen molar-refractivity contribution in [1.82, 2.24) is 19.8 Å². The molecule has 0 aliphatic carbocycles. The van der Waals surface area contributed by atoms with Gasteiger partial charge in [0.25, 0.3) is 5.56 Å². The lowest BCUT2D eigenvalue weighted by molar-refractivity contribution is -0.132. The molecule has 0 radical (unpaired) electrons. The van der Waals surface area contributed by atoms with Crippen LogP contribution in [-0.4, -0.2) is 52.4 Å². The van der Waals surface area contributed by atoms with Crippen molar-refractivity contribution in [3.63, 3.8) is 0 Å². The van der Waals surface area contributed by atoms with Crippen LogP contribution in [0.15, 0.2) is 4.79 Å². The third-order valence-electron chi connectivity index (χ3n) is 4.90. The van der Waals surface area contributed by atoms with Gasteiger partial charge >= 0.3 is 0 Å². The molecule has 3 heterocycles. The van der Waals surface area contributed by atoms with Crippen LogP contribution in [0, 0.1) is 0 Å². The molecule has 0 bridgehead atoms. The topological polar surface area (TPSA) is 69.3 Å². The van der Waals surface area contributed by atoms with Crippen LogP contribution in [0.4, 0.5) is 0 Å². The molecule has 1 aromatic heterocycles. The smallest absolute Gasteiger partial charge is 0.255 e. The van der Waals surface area contributed by atoms with Crippen LogP contribution >= 0.6 is 0 Å². The van der Waals surface area contributed by atoms with Crippen molar-refractivity contribution in [3.8, 4) is 0 Å². The van der Waals surface area contributed by atoms with Crippen LogP contribution in [0.2, 0.25) is 0 Å². The molecule has 0 unspecified atom stereocenters. The minimum Gasteiger partial charge on any atom is -0.342 e. The van der Waals surface area contributed by atoms with E-state index < -0.39 is 0 Å². The highest BCUT2D eigenvalue weighted by Crippen LogP contribution is 2.25. The monoisotopic (exact) mass is 318 g/mol. The molecule has 1 aromatic rings. The van der Waals surface area contributed by atoms with Crippen molar-refractivity contribution in [1.29, 1.82) is 0 Å². The number of likely N-dealkylation sites (N-methyl/N-ethyl adjacent to an activating group) is 1. The van der Waals surface area contributed by atoms with Crippen molar-refractivity contribution >= 4 is 5.91 Å². The zero-order valence-corrected chi connectivity index (χ0v) is 14.1. The van der Waals surface area contributed by atoms with Crippen LogP contribution in [0.25, 0.3) is 0 Å². The third-order valence-corrected chi connectivity index (χ3v) is 4.90. The van der Waals surface area contributed by atoms with E-state index in [4.69, 9.17) is 4.98 Å². The molecule has 23 heavy (non-hydrogen) atoms. The Balaban J connectivity index is 1.80. The van der Waals surface area contributed by atoms with E-state index in [1.54, 1.807) is 0 Å². The Labute approximate surface area is 136 Å². The molecule has 1 N–H and O–H groups in total. The maximum absolute atomic E-state index is 12.4. The molecule has 2 aliphatic rings. The first-order valence-electron chi connectivity index (χ1n) is 8.66. The fourth-order valence-corrected chi connectivity index (χ4v) is 3.57. The summed E-state index contributed by atoms with van der Waals surface area (Å²) in [5, 5.41) is 0. The van der Waals surface area contributed by atoms with E-state index in [1.165, 1.54) is 0 Å². The van der Waals surface area contributed by atoms with Crippen LogP contribution < -0.4 is 5.56 Å². The van der Waals surface area contributed by atoms with Gasteiger partial charge in [0.15, 0.2) is 0 Å². The van der Waals surface area contributed by atoms with Gasteiger partial charge in [-0.3, -0.25) is 9.59 Å². The summed E-state index contributed by atoms with van der Waals surface area (Å²) < 4.78 is 0. The Hall–Kier alpha value is -1.69. The third kappa shape index (κ3) is 3.47. The first kappa shape index (κ1) is 16.2. The van der Waals surface area contributed by atoms with Crippen LogP contribution in [-0.2, 0) is 17.8 Å². The van der Waals surface area contributed by atoms with Gasteiger partial charge in [-0.1, -0.05) is 6.92 Å². The van der Waals surface area contributed by atoms with E-state index in [-0.39, 0.29) is 17.4 Å². The molecule has 1 fully saturated rings. The summed E-state index contributed by atoms with van der Waals surface area (Å²) in [6, 6.07) is 0. The lowest BCUT2D eigenvalue weighted by Crippen LogP contribution is -2.40. The number of rotatable bonds is 3. The number of aromatic nitrogens is 2. The molecular formula is C17H26N4O2. The van der Waals surface area contributed by atoms with Gasteiger partial charge in [0.2, 0.25) is 5.91 Å². The van der Waals surface area contributed by atoms with Gasteiger partial charge in [-0.05, 0) is 26.3 Å². The lowest BCUT2D eigenvalue weighted by Gasteiger charge is -2.33. The second-order valence-corrected chi connectivity index (χ2v) is 6.79. The SMILES string of the molecule is CCCC(=O)N1CCC[C@H](c2nc3c(c(=O)[nH]2)CN(C)CC3)C1. The minimum atomic E-state index is -0.00596. The Bertz CT molecular complexity index is 640. The lowest BCUT2D eigenvalue weighted by atomic mass is 9.96. The summed E-state index contributed by atoms with van der Waals surface area (Å²) in [5.41, 5.74) is 1.74. The van der Waals surface area contributed by atoms with Crippen molar-refractivity contribution in [2.45, 2.75) is 51.5 Å². The highest BCUT2D eigenvalue weighted by molar-refractivity contribution is 5.76. The normalized spacial score (nSPS) is 22.0. The molecule has 6 nitrogen and oxygen atoms in total. The molecule has 1 atom stereocenters. The number of carbonyl (C=O) groups excluding carboxylic acids is 1. The quantitative estimate of drug-likeness (QED) is 0.911. The number of H-pyrrole nitrogens is 1. The summed E-state index contributed by atoms with van der Waals surface area (Å²) in [5.74, 6) is 1.15. The number of aromatic amines is 1. The van der Waals surface area contributed by atoms with E-state index >= 15 is 0 Å². The number of carbonyl (C=O) groups is 1. The number of piperidine rings is 1. The van der Waals surface area contributed by atoms with Gasteiger partial charge in [0.1, 0.15) is 5.82 Å². The number of amides is 1. The number of nitrogens with one attached hydrogen (secondary N) is 1. The van der Waals surface area contributed by atoms with Crippen LogP contribution in [0.5, 0.6) is 0 Å². The molecule has 0 spiro atoms. The Morgan fingerprint density at radius 3 is 3.00 bits per heavy atom. The molecule has 1 saturated heterocycles. The first-order chi connectivity index (χ1) is 11.1. The molecule has 0 aromatic carbocycles. The highest BCUT2D eigenvalue weighted by atomic mass is 16.2. The number of hydrogen-bond donors (Lipinski definition) is 1. The molecule has 0 saturated carbocycles. The summed E-state index contributed by atoms with van der Waals surface area (Å²) in [6.07, 6.45) is 4.27. The highest BCUT2D eigenvalue weighted by Gasteiger charge is 2.27. The summed E-state index contributed by atoms with van der Waals surface area (Å²) in [7, 11) is 2.02. The second kappa shape index (κ2) is 6.83. The molecule has 6 heteroatoms. The first-order valence-corrected chi connectivity index (χ1v) is 8.66. The van der Waals surface area contributed by atoms with Crippen LogP contribution in [0.1, 0.15) is 55.6 Å². The zero-order chi connectivity index (χ0) is 16.4. The van der Waals surface area contributed by atoms with Gasteiger partial charge in [-0.25, -0.2) is 4.98 Å².